The van der Waals surface area contributed by atoms with E-state index in [1.165, 1.54) is 5.56 Å². The molecule has 0 atom stereocenters. The van der Waals surface area contributed by atoms with Crippen LogP contribution in [0.1, 0.15) is 5.56 Å². The monoisotopic (exact) mass is 307 g/mol. The summed E-state index contributed by atoms with van der Waals surface area (Å²) in [7, 11) is 0. The topological polar surface area (TPSA) is 55.6 Å². The van der Waals surface area contributed by atoms with E-state index in [0.29, 0.717) is 0 Å². The van der Waals surface area contributed by atoms with Gasteiger partial charge in [-0.05, 0) is 17.0 Å². The van der Waals surface area contributed by atoms with Crippen LogP contribution in [0.2, 0.25) is 0 Å². The van der Waals surface area contributed by atoms with Crippen molar-refractivity contribution in [2.24, 2.45) is 0 Å². The summed E-state index contributed by atoms with van der Waals surface area (Å²) in [6, 6.07) is 14.2. The first-order valence-corrected chi connectivity index (χ1v) is 7.79. The van der Waals surface area contributed by atoms with Gasteiger partial charge in [-0.1, -0.05) is 30.3 Å². The molecule has 22 heavy (non-hydrogen) atoms. The Labute approximate surface area is 131 Å². The third kappa shape index (κ3) is 2.56. The van der Waals surface area contributed by atoms with Crippen molar-refractivity contribution in [3.8, 4) is 0 Å². The summed E-state index contributed by atoms with van der Waals surface area (Å²) in [5, 5.41) is 10.8. The highest BCUT2D eigenvalue weighted by Gasteiger charge is 2.06. The van der Waals surface area contributed by atoms with E-state index in [9.17, 15) is 0 Å². The van der Waals surface area contributed by atoms with Gasteiger partial charge in [-0.25, -0.2) is 9.97 Å². The van der Waals surface area contributed by atoms with E-state index in [1.54, 1.807) is 17.7 Å². The van der Waals surface area contributed by atoms with Crippen LogP contribution in [0.4, 0.5) is 11.6 Å². The number of hydrogen-bond acceptors (Lipinski definition) is 5. The average Bonchev–Trinajstić information content (AvgIpc) is 3.18. The molecule has 0 amide bonds. The first-order valence-electron chi connectivity index (χ1n) is 6.91. The zero-order chi connectivity index (χ0) is 14.8. The van der Waals surface area contributed by atoms with E-state index in [4.69, 9.17) is 0 Å². The average molecular weight is 307 g/mol. The molecule has 1 aromatic carbocycles. The Bertz CT molecular complexity index is 897. The number of aromatic nitrogens is 4. The summed E-state index contributed by atoms with van der Waals surface area (Å²) in [5.41, 5.74) is 1.22. The van der Waals surface area contributed by atoms with Crippen LogP contribution in [0.15, 0.2) is 60.4 Å². The van der Waals surface area contributed by atoms with Gasteiger partial charge in [0.2, 0.25) is 0 Å². The van der Waals surface area contributed by atoms with Crippen LogP contribution in [0.5, 0.6) is 0 Å². The Morgan fingerprint density at radius 2 is 1.95 bits per heavy atom. The van der Waals surface area contributed by atoms with E-state index >= 15 is 0 Å². The molecule has 108 valence electrons. The smallest absolute Gasteiger partial charge is 0.153 e. The number of hydrogen-bond donors (Lipinski definition) is 1. The van der Waals surface area contributed by atoms with Gasteiger partial charge in [0, 0.05) is 12.3 Å². The van der Waals surface area contributed by atoms with Gasteiger partial charge in [0.15, 0.2) is 5.82 Å². The highest BCUT2D eigenvalue weighted by Crippen LogP contribution is 2.25. The number of thiophene rings is 1. The lowest BCUT2D eigenvalue weighted by Crippen LogP contribution is -2.01. The van der Waals surface area contributed by atoms with Crippen molar-refractivity contribution in [3.63, 3.8) is 0 Å². The molecule has 4 rings (SSSR count). The maximum Gasteiger partial charge on any atom is 0.153 e. The summed E-state index contributed by atoms with van der Waals surface area (Å²) in [6.07, 6.45) is 3.53. The number of anilines is 2. The fraction of sp³-hybridized carbons (Fsp3) is 0.0625. The molecule has 0 spiro atoms. The molecular weight excluding hydrogens is 294 g/mol. The van der Waals surface area contributed by atoms with Crippen LogP contribution >= 0.6 is 11.3 Å². The molecule has 0 saturated heterocycles. The van der Waals surface area contributed by atoms with Gasteiger partial charge < -0.3 is 5.32 Å². The molecular formula is C16H13N5S. The highest BCUT2D eigenvalue weighted by atomic mass is 32.1. The molecule has 1 N–H and O–H groups in total. The molecule has 5 nitrogen and oxygen atoms in total. The molecule has 0 saturated carbocycles. The number of benzene rings is 1. The molecule has 0 fully saturated rings. The fourth-order valence-corrected chi connectivity index (χ4v) is 3.03. The van der Waals surface area contributed by atoms with Crippen LogP contribution in [-0.4, -0.2) is 19.7 Å². The Morgan fingerprint density at radius 3 is 2.86 bits per heavy atom. The summed E-state index contributed by atoms with van der Waals surface area (Å²) in [4.78, 5) is 9.52. The van der Waals surface area contributed by atoms with E-state index in [0.717, 1.165) is 28.4 Å². The predicted molar refractivity (Wildman–Crippen MR) is 88.5 cm³/mol. The number of nitrogens with zero attached hydrogens (tertiary/aromatic N) is 4. The zero-order valence-corrected chi connectivity index (χ0v) is 12.5. The van der Waals surface area contributed by atoms with Crippen LogP contribution in [-0.2, 0) is 6.54 Å². The molecule has 0 aliphatic heterocycles. The second kappa shape index (κ2) is 5.57. The van der Waals surface area contributed by atoms with Crippen LogP contribution < -0.4 is 5.32 Å². The van der Waals surface area contributed by atoms with E-state index in [1.807, 2.05) is 46.6 Å². The third-order valence-electron chi connectivity index (χ3n) is 3.34. The molecule has 0 radical (unpaired) electrons. The van der Waals surface area contributed by atoms with Gasteiger partial charge in [0.1, 0.15) is 17.0 Å². The summed E-state index contributed by atoms with van der Waals surface area (Å²) in [6.45, 7) is 0.750. The number of nitrogens with one attached hydrogen (secondary N) is 1. The third-order valence-corrected chi connectivity index (χ3v) is 4.16. The van der Waals surface area contributed by atoms with Crippen molar-refractivity contribution in [1.82, 2.24) is 19.7 Å². The fourth-order valence-electron chi connectivity index (χ4n) is 2.30. The van der Waals surface area contributed by atoms with Crippen LogP contribution in [0.3, 0.4) is 0 Å². The van der Waals surface area contributed by atoms with E-state index in [2.05, 4.69) is 32.5 Å². The van der Waals surface area contributed by atoms with Gasteiger partial charge in [-0.2, -0.15) is 5.10 Å². The summed E-state index contributed by atoms with van der Waals surface area (Å²) >= 11 is 1.60. The van der Waals surface area contributed by atoms with Crippen molar-refractivity contribution in [1.29, 1.82) is 0 Å². The van der Waals surface area contributed by atoms with Gasteiger partial charge in [-0.3, -0.25) is 4.68 Å². The lowest BCUT2D eigenvalue weighted by Gasteiger charge is -2.03. The Kier molecular flexibility index (Phi) is 3.29. The maximum absolute atomic E-state index is 4.54. The van der Waals surface area contributed by atoms with Crippen molar-refractivity contribution < 1.29 is 0 Å². The van der Waals surface area contributed by atoms with Gasteiger partial charge in [0.25, 0.3) is 0 Å². The number of fused-ring (bicyclic) bond motifs is 1. The quantitative estimate of drug-likeness (QED) is 0.625. The SMILES string of the molecule is c1ccc(Cn2ccc(Nc3ncnc4sccc34)n2)cc1. The molecule has 0 aliphatic rings. The second-order valence-corrected chi connectivity index (χ2v) is 5.77. The van der Waals surface area contributed by atoms with Gasteiger partial charge in [-0.15, -0.1) is 11.3 Å². The normalized spacial score (nSPS) is 10.9. The molecule has 4 aromatic rings. The minimum absolute atomic E-state index is 0.750. The highest BCUT2D eigenvalue weighted by molar-refractivity contribution is 7.16. The maximum atomic E-state index is 4.54. The first-order chi connectivity index (χ1) is 10.9. The Balaban J connectivity index is 1.56. The largest absolute Gasteiger partial charge is 0.323 e. The predicted octanol–water partition coefficient (Wildman–Crippen LogP) is 3.68. The number of rotatable bonds is 4. The van der Waals surface area contributed by atoms with E-state index in [-0.39, 0.29) is 0 Å². The summed E-state index contributed by atoms with van der Waals surface area (Å²) in [5.74, 6) is 1.57. The molecule has 3 heterocycles. The first kappa shape index (κ1) is 13.0. The van der Waals surface area contributed by atoms with E-state index < -0.39 is 0 Å². The Hall–Kier alpha value is -2.73. The van der Waals surface area contributed by atoms with Crippen LogP contribution in [0.25, 0.3) is 10.2 Å². The lowest BCUT2D eigenvalue weighted by atomic mass is 10.2. The molecule has 0 aliphatic carbocycles. The minimum Gasteiger partial charge on any atom is -0.323 e. The van der Waals surface area contributed by atoms with Crippen molar-refractivity contribution in [2.75, 3.05) is 5.32 Å². The van der Waals surface area contributed by atoms with Crippen molar-refractivity contribution >= 4 is 33.2 Å². The van der Waals surface area contributed by atoms with Crippen molar-refractivity contribution in [3.05, 3.63) is 65.9 Å². The Morgan fingerprint density at radius 1 is 1.05 bits per heavy atom. The minimum atomic E-state index is 0.750. The molecule has 3 aromatic heterocycles. The second-order valence-electron chi connectivity index (χ2n) is 4.87. The van der Waals surface area contributed by atoms with Crippen molar-refractivity contribution in [2.45, 2.75) is 6.54 Å². The zero-order valence-electron chi connectivity index (χ0n) is 11.7. The molecule has 0 bridgehead atoms. The van der Waals surface area contributed by atoms with Gasteiger partial charge in [0.05, 0.1) is 11.9 Å². The van der Waals surface area contributed by atoms with Gasteiger partial charge >= 0.3 is 0 Å². The molecule has 0 unspecified atom stereocenters. The summed E-state index contributed by atoms with van der Waals surface area (Å²) < 4.78 is 1.91. The molecule has 6 heteroatoms. The van der Waals surface area contributed by atoms with Crippen LogP contribution in [0, 0.1) is 0 Å². The lowest BCUT2D eigenvalue weighted by molar-refractivity contribution is 0.689. The standard InChI is InChI=1S/C16H13N5S/c1-2-4-12(5-3-1)10-21-8-6-14(20-21)19-15-13-7-9-22-16(13)18-11-17-15/h1-9,11H,10H2,(H,17,18,19,20).